The third-order valence-electron chi connectivity index (χ3n) is 3.05. The van der Waals surface area contributed by atoms with Gasteiger partial charge in [-0.1, -0.05) is 17.7 Å². The highest BCUT2D eigenvalue weighted by molar-refractivity contribution is 8.00. The average Bonchev–Trinajstić information content (AvgIpc) is 2.56. The number of carbonyl (C=O) groups is 2. The molecule has 0 aliphatic rings. The quantitative estimate of drug-likeness (QED) is 0.647. The SMILES string of the molecule is COC(=O)c1cccc(NC(=O)C(C)Sc2ccc(Cl)cc2)c1. The summed E-state index contributed by atoms with van der Waals surface area (Å²) in [5.41, 5.74) is 0.949. The highest BCUT2D eigenvalue weighted by Crippen LogP contribution is 2.25. The van der Waals surface area contributed by atoms with Crippen LogP contribution >= 0.6 is 23.4 Å². The molecule has 23 heavy (non-hydrogen) atoms. The lowest BCUT2D eigenvalue weighted by Gasteiger charge is -2.12. The van der Waals surface area contributed by atoms with Gasteiger partial charge in [-0.05, 0) is 49.4 Å². The van der Waals surface area contributed by atoms with Gasteiger partial charge in [-0.2, -0.15) is 0 Å². The van der Waals surface area contributed by atoms with Crippen LogP contribution in [0.3, 0.4) is 0 Å². The Labute approximate surface area is 144 Å². The maximum absolute atomic E-state index is 12.3. The van der Waals surface area contributed by atoms with Crippen LogP contribution in [0, 0.1) is 0 Å². The molecule has 1 amide bonds. The van der Waals surface area contributed by atoms with Crippen LogP contribution in [0.5, 0.6) is 0 Å². The first kappa shape index (κ1) is 17.4. The Kier molecular flexibility index (Phi) is 6.07. The van der Waals surface area contributed by atoms with Crippen molar-refractivity contribution in [2.45, 2.75) is 17.1 Å². The van der Waals surface area contributed by atoms with E-state index in [1.165, 1.54) is 18.9 Å². The highest BCUT2D eigenvalue weighted by Gasteiger charge is 2.15. The van der Waals surface area contributed by atoms with Gasteiger partial charge in [0, 0.05) is 15.6 Å². The summed E-state index contributed by atoms with van der Waals surface area (Å²) < 4.78 is 4.67. The number of halogens is 1. The number of esters is 1. The summed E-state index contributed by atoms with van der Waals surface area (Å²) in [5, 5.41) is 3.16. The second kappa shape index (κ2) is 8.04. The van der Waals surface area contributed by atoms with Crippen LogP contribution in [0.25, 0.3) is 0 Å². The molecule has 0 saturated carbocycles. The van der Waals surface area contributed by atoms with E-state index in [-0.39, 0.29) is 11.2 Å². The van der Waals surface area contributed by atoms with Crippen LogP contribution in [-0.2, 0) is 9.53 Å². The third kappa shape index (κ3) is 5.01. The molecule has 2 aromatic rings. The Bertz CT molecular complexity index is 703. The van der Waals surface area contributed by atoms with E-state index in [1.807, 2.05) is 19.1 Å². The van der Waals surface area contributed by atoms with Gasteiger partial charge in [0.2, 0.25) is 5.91 Å². The molecule has 0 aliphatic carbocycles. The number of ether oxygens (including phenoxy) is 1. The smallest absolute Gasteiger partial charge is 0.337 e. The lowest BCUT2D eigenvalue weighted by Crippen LogP contribution is -2.22. The van der Waals surface area contributed by atoms with E-state index in [0.717, 1.165) is 4.90 Å². The number of nitrogens with one attached hydrogen (secondary N) is 1. The predicted octanol–water partition coefficient (Wildman–Crippen LogP) is 4.25. The zero-order valence-electron chi connectivity index (χ0n) is 12.7. The van der Waals surface area contributed by atoms with Crippen molar-refractivity contribution < 1.29 is 14.3 Å². The number of hydrogen-bond acceptors (Lipinski definition) is 4. The van der Waals surface area contributed by atoms with E-state index < -0.39 is 5.97 Å². The van der Waals surface area contributed by atoms with Gasteiger partial charge in [-0.15, -0.1) is 11.8 Å². The molecule has 2 rings (SSSR count). The minimum Gasteiger partial charge on any atom is -0.465 e. The highest BCUT2D eigenvalue weighted by atomic mass is 35.5. The van der Waals surface area contributed by atoms with Gasteiger partial charge in [-0.3, -0.25) is 4.79 Å². The van der Waals surface area contributed by atoms with Crippen molar-refractivity contribution in [3.05, 3.63) is 59.1 Å². The topological polar surface area (TPSA) is 55.4 Å². The lowest BCUT2D eigenvalue weighted by atomic mass is 10.2. The monoisotopic (exact) mass is 349 g/mol. The maximum Gasteiger partial charge on any atom is 0.337 e. The van der Waals surface area contributed by atoms with Crippen molar-refractivity contribution in [2.24, 2.45) is 0 Å². The summed E-state index contributed by atoms with van der Waals surface area (Å²) in [7, 11) is 1.32. The fourth-order valence-electron chi connectivity index (χ4n) is 1.86. The van der Waals surface area contributed by atoms with Gasteiger partial charge in [-0.25, -0.2) is 4.79 Å². The molecule has 1 unspecified atom stereocenters. The average molecular weight is 350 g/mol. The molecule has 120 valence electrons. The molecule has 0 spiro atoms. The van der Waals surface area contributed by atoms with Gasteiger partial charge < -0.3 is 10.1 Å². The molecule has 1 atom stereocenters. The molecule has 0 bridgehead atoms. The number of anilines is 1. The minimum atomic E-state index is -0.440. The lowest BCUT2D eigenvalue weighted by molar-refractivity contribution is -0.115. The molecule has 0 aliphatic heterocycles. The van der Waals surface area contributed by atoms with Gasteiger partial charge in [0.15, 0.2) is 0 Å². The Hall–Kier alpha value is -1.98. The summed E-state index contributed by atoms with van der Waals surface area (Å²) >= 11 is 7.28. The Morgan fingerprint density at radius 1 is 1.17 bits per heavy atom. The third-order valence-corrected chi connectivity index (χ3v) is 4.41. The number of hydrogen-bond donors (Lipinski definition) is 1. The Balaban J connectivity index is 2.00. The summed E-state index contributed by atoms with van der Waals surface area (Å²) in [6.07, 6.45) is 0. The molecule has 1 N–H and O–H groups in total. The number of benzene rings is 2. The zero-order chi connectivity index (χ0) is 16.8. The van der Waals surface area contributed by atoms with Crippen molar-refractivity contribution in [1.82, 2.24) is 0 Å². The second-order valence-electron chi connectivity index (χ2n) is 4.78. The second-order valence-corrected chi connectivity index (χ2v) is 6.63. The van der Waals surface area contributed by atoms with Gasteiger partial charge in [0.05, 0.1) is 17.9 Å². The van der Waals surface area contributed by atoms with E-state index in [0.29, 0.717) is 16.3 Å². The normalized spacial score (nSPS) is 11.6. The molecule has 0 heterocycles. The Morgan fingerprint density at radius 3 is 2.52 bits per heavy atom. The first-order valence-electron chi connectivity index (χ1n) is 6.91. The van der Waals surface area contributed by atoms with Gasteiger partial charge in [0.25, 0.3) is 0 Å². The summed E-state index contributed by atoms with van der Waals surface area (Å²) in [5.74, 6) is -0.586. The number of methoxy groups -OCH3 is 1. The molecule has 2 aromatic carbocycles. The number of rotatable bonds is 5. The number of amides is 1. The number of carbonyl (C=O) groups excluding carboxylic acids is 2. The van der Waals surface area contributed by atoms with Crippen molar-refractivity contribution in [2.75, 3.05) is 12.4 Å². The van der Waals surface area contributed by atoms with Crippen molar-refractivity contribution in [1.29, 1.82) is 0 Å². The van der Waals surface area contributed by atoms with Gasteiger partial charge >= 0.3 is 5.97 Å². The van der Waals surface area contributed by atoms with Crippen LogP contribution in [0.2, 0.25) is 5.02 Å². The summed E-state index contributed by atoms with van der Waals surface area (Å²) in [4.78, 5) is 24.7. The van der Waals surface area contributed by atoms with E-state index in [1.54, 1.807) is 36.4 Å². The molecule has 4 nitrogen and oxygen atoms in total. The van der Waals surface area contributed by atoms with Crippen LogP contribution in [0.1, 0.15) is 17.3 Å². The van der Waals surface area contributed by atoms with Gasteiger partial charge in [0.1, 0.15) is 0 Å². The fourth-order valence-corrected chi connectivity index (χ4v) is 2.85. The van der Waals surface area contributed by atoms with Crippen LogP contribution in [-0.4, -0.2) is 24.2 Å². The van der Waals surface area contributed by atoms with Crippen molar-refractivity contribution in [3.63, 3.8) is 0 Å². The van der Waals surface area contributed by atoms with E-state index >= 15 is 0 Å². The molecule has 0 aromatic heterocycles. The Morgan fingerprint density at radius 2 is 1.87 bits per heavy atom. The molecule has 0 fully saturated rings. The van der Waals surface area contributed by atoms with E-state index in [4.69, 9.17) is 11.6 Å². The molecule has 0 saturated heterocycles. The molecule has 6 heteroatoms. The predicted molar refractivity (Wildman–Crippen MR) is 93.2 cm³/mol. The molecule has 0 radical (unpaired) electrons. The summed E-state index contributed by atoms with van der Waals surface area (Å²) in [6, 6.07) is 14.0. The largest absolute Gasteiger partial charge is 0.465 e. The minimum absolute atomic E-state index is 0.146. The van der Waals surface area contributed by atoms with Crippen LogP contribution < -0.4 is 5.32 Å². The van der Waals surface area contributed by atoms with Crippen molar-refractivity contribution in [3.8, 4) is 0 Å². The zero-order valence-corrected chi connectivity index (χ0v) is 14.3. The van der Waals surface area contributed by atoms with Crippen LogP contribution in [0.4, 0.5) is 5.69 Å². The first-order chi connectivity index (χ1) is 11.0. The number of thioether (sulfide) groups is 1. The fraction of sp³-hybridized carbons (Fsp3) is 0.176. The summed E-state index contributed by atoms with van der Waals surface area (Å²) in [6.45, 7) is 1.82. The maximum atomic E-state index is 12.3. The molecular formula is C17H16ClNO3S. The van der Waals surface area contributed by atoms with Crippen molar-refractivity contribution >= 4 is 40.9 Å². The standard InChI is InChI=1S/C17H16ClNO3S/c1-11(23-15-8-6-13(18)7-9-15)16(20)19-14-5-3-4-12(10-14)17(21)22-2/h3-11H,1-2H3,(H,19,20). The van der Waals surface area contributed by atoms with Crippen LogP contribution in [0.15, 0.2) is 53.4 Å². The van der Waals surface area contributed by atoms with E-state index in [9.17, 15) is 9.59 Å². The molecular weight excluding hydrogens is 334 g/mol. The van der Waals surface area contributed by atoms with E-state index in [2.05, 4.69) is 10.1 Å². The first-order valence-corrected chi connectivity index (χ1v) is 8.17.